The lowest BCUT2D eigenvalue weighted by Crippen LogP contribution is -2.47. The summed E-state index contributed by atoms with van der Waals surface area (Å²) in [6.07, 6.45) is 2.18. The molecular weight excluding hydrogens is 400 g/mol. The zero-order chi connectivity index (χ0) is 21.5. The highest BCUT2D eigenvalue weighted by Crippen LogP contribution is 2.51. The average Bonchev–Trinajstić information content (AvgIpc) is 3.02. The Balaban J connectivity index is 2.30. The van der Waals surface area contributed by atoms with Crippen molar-refractivity contribution in [3.8, 4) is 6.07 Å². The number of thiophene rings is 1. The number of ketones is 1. The van der Waals surface area contributed by atoms with Crippen molar-refractivity contribution < 1.29 is 4.79 Å². The molecule has 0 amide bonds. The molecule has 1 atom stereocenters. The van der Waals surface area contributed by atoms with Crippen molar-refractivity contribution in [2.75, 3.05) is 19.8 Å². The van der Waals surface area contributed by atoms with Crippen LogP contribution in [0.4, 0.5) is 0 Å². The zero-order valence-corrected chi connectivity index (χ0v) is 19.8. The van der Waals surface area contributed by atoms with Gasteiger partial charge in [0.05, 0.1) is 21.8 Å². The third-order valence-corrected chi connectivity index (χ3v) is 7.94. The first-order valence-corrected chi connectivity index (χ1v) is 11.8. The number of aryl methyl sites for hydroxylation is 1. The smallest absolute Gasteiger partial charge is 0.162 e. The second kappa shape index (κ2) is 8.17. The summed E-state index contributed by atoms with van der Waals surface area (Å²) >= 11 is 3.55. The summed E-state index contributed by atoms with van der Waals surface area (Å²) < 4.78 is 1.19. The summed E-state index contributed by atoms with van der Waals surface area (Å²) in [6.45, 7) is 8.51. The predicted octanol–water partition coefficient (Wildman–Crippen LogP) is 4.64. The summed E-state index contributed by atoms with van der Waals surface area (Å²) in [7, 11) is 3.80. The van der Waals surface area contributed by atoms with Crippen molar-refractivity contribution in [3.05, 3.63) is 39.2 Å². The van der Waals surface area contributed by atoms with E-state index in [1.807, 2.05) is 24.1 Å². The lowest BCUT2D eigenvalue weighted by atomic mass is 9.69. The Bertz CT molecular complexity index is 933. The van der Waals surface area contributed by atoms with E-state index in [0.29, 0.717) is 17.8 Å². The summed E-state index contributed by atoms with van der Waals surface area (Å²) in [5, 5.41) is 13.8. The number of Topliss-reactive ketones (excluding diaryl/α,β-unsaturated/α-hetero) is 1. The molecule has 2 aliphatic rings. The summed E-state index contributed by atoms with van der Waals surface area (Å²) in [5.41, 5.74) is 9.66. The maximum atomic E-state index is 13.4. The molecule has 1 aliphatic heterocycles. The van der Waals surface area contributed by atoms with Crippen LogP contribution in [0.5, 0.6) is 0 Å². The highest BCUT2D eigenvalue weighted by Gasteiger charge is 2.45. The average molecular weight is 431 g/mol. The van der Waals surface area contributed by atoms with Crippen LogP contribution in [0.3, 0.4) is 0 Å². The molecule has 2 heterocycles. The molecule has 1 aliphatic carbocycles. The molecule has 5 nitrogen and oxygen atoms in total. The Labute approximate surface area is 182 Å². The molecule has 156 valence electrons. The fraction of sp³-hybridized carbons (Fsp3) is 0.545. The second-order valence-electron chi connectivity index (χ2n) is 8.55. The van der Waals surface area contributed by atoms with Gasteiger partial charge in [-0.2, -0.15) is 5.26 Å². The summed E-state index contributed by atoms with van der Waals surface area (Å²) in [5.74, 6) is 1.13. The molecular formula is C22H30N4OS2. The molecule has 0 aromatic carbocycles. The van der Waals surface area contributed by atoms with Gasteiger partial charge in [-0.25, -0.2) is 5.01 Å². The topological polar surface area (TPSA) is 73.4 Å². The van der Waals surface area contributed by atoms with Crippen molar-refractivity contribution in [2.24, 2.45) is 11.1 Å². The molecule has 1 aromatic heterocycles. The Morgan fingerprint density at radius 2 is 2.07 bits per heavy atom. The van der Waals surface area contributed by atoms with Gasteiger partial charge in [-0.1, -0.05) is 27.7 Å². The van der Waals surface area contributed by atoms with Crippen molar-refractivity contribution >= 4 is 28.9 Å². The van der Waals surface area contributed by atoms with E-state index < -0.39 is 0 Å². The molecule has 2 N–H and O–H groups in total. The number of carbonyl (C=O) groups is 1. The quantitative estimate of drug-likeness (QED) is 0.686. The van der Waals surface area contributed by atoms with Crippen LogP contribution in [0.25, 0.3) is 0 Å². The van der Waals surface area contributed by atoms with Gasteiger partial charge < -0.3 is 5.73 Å². The number of hydrogen-bond donors (Lipinski definition) is 1. The molecule has 0 spiro atoms. The van der Waals surface area contributed by atoms with Gasteiger partial charge in [0.2, 0.25) is 0 Å². The number of nitrogens with two attached hydrogens (primary N) is 1. The molecule has 29 heavy (non-hydrogen) atoms. The van der Waals surface area contributed by atoms with Gasteiger partial charge in [0.25, 0.3) is 0 Å². The van der Waals surface area contributed by atoms with Crippen molar-refractivity contribution in [1.82, 2.24) is 10.0 Å². The maximum absolute atomic E-state index is 13.4. The molecule has 0 saturated heterocycles. The van der Waals surface area contributed by atoms with Crippen LogP contribution in [-0.4, -0.2) is 35.6 Å². The van der Waals surface area contributed by atoms with Crippen molar-refractivity contribution in [2.45, 2.75) is 57.1 Å². The first-order chi connectivity index (χ1) is 13.6. The largest absolute Gasteiger partial charge is 0.383 e. The number of allylic oxidation sites excluding steroid dienone is 3. The summed E-state index contributed by atoms with van der Waals surface area (Å²) in [6, 6.07) is 4.53. The lowest BCUT2D eigenvalue weighted by molar-refractivity contribution is -0.119. The molecule has 0 saturated carbocycles. The van der Waals surface area contributed by atoms with Gasteiger partial charge >= 0.3 is 0 Å². The number of carbonyl (C=O) groups excluding carboxylic acids is 1. The summed E-state index contributed by atoms with van der Waals surface area (Å²) in [4.78, 5) is 14.7. The van der Waals surface area contributed by atoms with Crippen LogP contribution in [0, 0.1) is 16.7 Å². The second-order valence-corrected chi connectivity index (χ2v) is 11.2. The van der Waals surface area contributed by atoms with Gasteiger partial charge in [0, 0.05) is 36.7 Å². The molecule has 0 bridgehead atoms. The highest BCUT2D eigenvalue weighted by atomic mass is 32.2. The van der Waals surface area contributed by atoms with Crippen LogP contribution in [-0.2, 0) is 11.2 Å². The number of nitriles is 1. The van der Waals surface area contributed by atoms with E-state index in [4.69, 9.17) is 5.73 Å². The first-order valence-electron chi connectivity index (χ1n) is 10.0. The van der Waals surface area contributed by atoms with E-state index in [-0.39, 0.29) is 17.1 Å². The molecule has 0 radical (unpaired) electrons. The van der Waals surface area contributed by atoms with Crippen LogP contribution in [0.1, 0.15) is 56.9 Å². The highest BCUT2D eigenvalue weighted by molar-refractivity contribution is 8.01. The molecule has 0 fully saturated rings. The van der Waals surface area contributed by atoms with Gasteiger partial charge in [0.1, 0.15) is 5.82 Å². The van der Waals surface area contributed by atoms with Crippen LogP contribution in [0.15, 0.2) is 32.9 Å². The minimum absolute atomic E-state index is 0.130. The van der Waals surface area contributed by atoms with Gasteiger partial charge in [-0.3, -0.25) is 9.80 Å². The molecule has 3 rings (SSSR count). The van der Waals surface area contributed by atoms with E-state index in [9.17, 15) is 10.1 Å². The van der Waals surface area contributed by atoms with Gasteiger partial charge in [0.15, 0.2) is 5.78 Å². The fourth-order valence-corrected chi connectivity index (χ4v) is 6.70. The van der Waals surface area contributed by atoms with Gasteiger partial charge in [-0.05, 0) is 35.6 Å². The number of rotatable bonds is 5. The van der Waals surface area contributed by atoms with E-state index in [0.717, 1.165) is 35.4 Å². The molecule has 1 aromatic rings. The van der Waals surface area contributed by atoms with Crippen LogP contribution >= 0.6 is 23.1 Å². The van der Waals surface area contributed by atoms with E-state index in [2.05, 4.69) is 39.8 Å². The van der Waals surface area contributed by atoms with Crippen molar-refractivity contribution in [1.29, 1.82) is 5.26 Å². The Morgan fingerprint density at radius 1 is 1.38 bits per heavy atom. The Kier molecular flexibility index (Phi) is 6.19. The lowest BCUT2D eigenvalue weighted by Gasteiger charge is -2.45. The third-order valence-electron chi connectivity index (χ3n) is 5.46. The third kappa shape index (κ3) is 3.86. The monoisotopic (exact) mass is 430 g/mol. The molecule has 0 unspecified atom stereocenters. The minimum atomic E-state index is -0.375. The number of nitrogens with zero attached hydrogens (tertiary/aromatic N) is 3. The van der Waals surface area contributed by atoms with E-state index >= 15 is 0 Å². The number of hydrogen-bond acceptors (Lipinski definition) is 7. The Morgan fingerprint density at radius 3 is 2.62 bits per heavy atom. The van der Waals surface area contributed by atoms with Crippen molar-refractivity contribution in [3.63, 3.8) is 0 Å². The zero-order valence-electron chi connectivity index (χ0n) is 18.1. The number of thioether (sulfide) groups is 1. The first kappa shape index (κ1) is 21.9. The van der Waals surface area contributed by atoms with E-state index in [1.54, 1.807) is 23.1 Å². The minimum Gasteiger partial charge on any atom is -0.383 e. The normalized spacial score (nSPS) is 21.7. The van der Waals surface area contributed by atoms with E-state index in [1.165, 1.54) is 9.09 Å². The predicted molar refractivity (Wildman–Crippen MR) is 120 cm³/mol. The maximum Gasteiger partial charge on any atom is 0.162 e. The fourth-order valence-electron chi connectivity index (χ4n) is 4.32. The van der Waals surface area contributed by atoms with Crippen LogP contribution < -0.4 is 5.73 Å². The standard InChI is InChI=1S/C22H30N4OS2/c1-7-13-9-14(21(29-13)28-8-2)18-15(12-23)20(24)26(25(5)6)16-10-22(3,4)11-17(27)19(16)18/h9,18H,7-8,10-11,24H2,1-6H3/t18-/m0/s1. The molecule has 7 heteroatoms. The SMILES string of the molecule is CCSc1sc(CC)cc1[C@H]1C(C#N)=C(N)N(N(C)C)C2=C1C(=O)CC(C)(C)C2. The Hall–Kier alpha value is -1.75. The van der Waals surface area contributed by atoms with Crippen LogP contribution in [0.2, 0.25) is 0 Å². The van der Waals surface area contributed by atoms with Gasteiger partial charge in [-0.15, -0.1) is 23.1 Å². The number of hydrazine groups is 1.